The predicted octanol–water partition coefficient (Wildman–Crippen LogP) is 1.31. The Morgan fingerprint density at radius 1 is 1.55 bits per heavy atom. The number of carbonyl (C=O) groups excluding carboxylic acids is 1. The van der Waals surface area contributed by atoms with Gasteiger partial charge in [0, 0.05) is 0 Å². The molecule has 0 aromatic rings. The van der Waals surface area contributed by atoms with Gasteiger partial charge in [-0.15, -0.1) is 0 Å². The van der Waals surface area contributed by atoms with Crippen LogP contribution in [0.15, 0.2) is 0 Å². The Morgan fingerprint density at radius 3 is 2.27 bits per heavy atom. The average molecular weight is 161 g/mol. The minimum absolute atomic E-state index is 0.322. The molecule has 0 radical (unpaired) electrons. The highest BCUT2D eigenvalue weighted by atomic mass is 16.5. The number of carbonyl (C=O) groups is 1. The van der Waals surface area contributed by atoms with Gasteiger partial charge in [-0.3, -0.25) is 4.79 Å². The minimum atomic E-state index is -0.431. The van der Waals surface area contributed by atoms with E-state index in [-0.39, 0.29) is 5.97 Å². The van der Waals surface area contributed by atoms with Crippen LogP contribution in [0.25, 0.3) is 0 Å². The molecule has 0 saturated heterocycles. The molecule has 3 nitrogen and oxygen atoms in total. The summed E-state index contributed by atoms with van der Waals surface area (Å²) >= 11 is 0. The Balaban J connectivity index is 0. The Bertz CT molecular complexity index is 94.1. The molecule has 11 heavy (non-hydrogen) atoms. The summed E-state index contributed by atoms with van der Waals surface area (Å²) in [6.07, 6.45) is 1.61. The van der Waals surface area contributed by atoms with Crippen molar-refractivity contribution in [2.24, 2.45) is 5.73 Å². The fourth-order valence-electron chi connectivity index (χ4n) is 0.580. The van der Waals surface area contributed by atoms with Crippen LogP contribution in [0, 0.1) is 0 Å². The summed E-state index contributed by atoms with van der Waals surface area (Å²) in [7, 11) is 1.35. The van der Waals surface area contributed by atoms with Gasteiger partial charge in [0.15, 0.2) is 0 Å². The van der Waals surface area contributed by atoms with E-state index in [1.54, 1.807) is 0 Å². The van der Waals surface area contributed by atoms with Gasteiger partial charge in [-0.25, -0.2) is 0 Å². The molecule has 1 atom stereocenters. The Morgan fingerprint density at radius 2 is 2.00 bits per heavy atom. The first kappa shape index (κ1) is 13.1. The van der Waals surface area contributed by atoms with Crippen molar-refractivity contribution < 1.29 is 9.53 Å². The van der Waals surface area contributed by atoms with Crippen molar-refractivity contribution in [3.63, 3.8) is 0 Å². The van der Waals surface area contributed by atoms with Gasteiger partial charge in [0.1, 0.15) is 6.04 Å². The average Bonchev–Trinajstić information content (AvgIpc) is 2.07. The number of hydrogen-bond donors (Lipinski definition) is 1. The van der Waals surface area contributed by atoms with E-state index in [9.17, 15) is 4.79 Å². The first-order valence-corrected chi connectivity index (χ1v) is 4.05. The SMILES string of the molecule is CC.CCCC(N)C(=O)OC. The van der Waals surface area contributed by atoms with Gasteiger partial charge in [0.2, 0.25) is 0 Å². The van der Waals surface area contributed by atoms with Crippen LogP contribution in [0.4, 0.5) is 0 Å². The second-order valence-corrected chi connectivity index (χ2v) is 1.92. The van der Waals surface area contributed by atoms with Gasteiger partial charge in [-0.2, -0.15) is 0 Å². The van der Waals surface area contributed by atoms with Crippen LogP contribution in [0.5, 0.6) is 0 Å². The summed E-state index contributed by atoms with van der Waals surface area (Å²) < 4.78 is 4.40. The van der Waals surface area contributed by atoms with E-state index in [2.05, 4.69) is 4.74 Å². The fourth-order valence-corrected chi connectivity index (χ4v) is 0.580. The zero-order valence-corrected chi connectivity index (χ0v) is 7.89. The molecule has 68 valence electrons. The maximum Gasteiger partial charge on any atom is 0.322 e. The lowest BCUT2D eigenvalue weighted by molar-refractivity contribution is -0.142. The topological polar surface area (TPSA) is 52.3 Å². The zero-order chi connectivity index (χ0) is 9.28. The van der Waals surface area contributed by atoms with E-state index in [4.69, 9.17) is 5.73 Å². The lowest BCUT2D eigenvalue weighted by Gasteiger charge is -2.05. The van der Waals surface area contributed by atoms with Crippen LogP contribution in [-0.4, -0.2) is 19.1 Å². The maximum absolute atomic E-state index is 10.6. The van der Waals surface area contributed by atoms with Gasteiger partial charge in [0.25, 0.3) is 0 Å². The fraction of sp³-hybridized carbons (Fsp3) is 0.875. The molecule has 0 aromatic heterocycles. The molecule has 0 spiro atoms. The van der Waals surface area contributed by atoms with Crippen molar-refractivity contribution in [1.29, 1.82) is 0 Å². The van der Waals surface area contributed by atoms with Crippen LogP contribution in [0.3, 0.4) is 0 Å². The molecule has 0 fully saturated rings. The normalized spacial score (nSPS) is 11.0. The quantitative estimate of drug-likeness (QED) is 0.635. The summed E-state index contributed by atoms with van der Waals surface area (Å²) in [6, 6.07) is -0.431. The number of ether oxygens (including phenoxy) is 1. The van der Waals surface area contributed by atoms with Crippen LogP contribution >= 0.6 is 0 Å². The largest absolute Gasteiger partial charge is 0.468 e. The summed E-state index contributed by atoms with van der Waals surface area (Å²) in [6.45, 7) is 5.98. The molecule has 0 aliphatic carbocycles. The molecular weight excluding hydrogens is 142 g/mol. The van der Waals surface area contributed by atoms with E-state index in [0.717, 1.165) is 6.42 Å². The molecule has 0 aromatic carbocycles. The van der Waals surface area contributed by atoms with Gasteiger partial charge in [-0.1, -0.05) is 27.2 Å². The van der Waals surface area contributed by atoms with Crippen molar-refractivity contribution in [1.82, 2.24) is 0 Å². The molecule has 0 saturated carbocycles. The Labute approximate surface area is 68.9 Å². The van der Waals surface area contributed by atoms with Crippen molar-refractivity contribution >= 4 is 5.97 Å². The third kappa shape index (κ3) is 7.33. The molecule has 0 heterocycles. The monoisotopic (exact) mass is 161 g/mol. The molecule has 2 N–H and O–H groups in total. The number of esters is 1. The third-order valence-corrected chi connectivity index (χ3v) is 1.10. The lowest BCUT2D eigenvalue weighted by atomic mass is 10.2. The summed E-state index contributed by atoms with van der Waals surface area (Å²) in [5.74, 6) is -0.322. The second-order valence-electron chi connectivity index (χ2n) is 1.92. The van der Waals surface area contributed by atoms with E-state index in [0.29, 0.717) is 6.42 Å². The first-order valence-electron chi connectivity index (χ1n) is 4.05. The molecule has 0 aliphatic rings. The lowest BCUT2D eigenvalue weighted by Crippen LogP contribution is -2.31. The molecule has 0 aliphatic heterocycles. The highest BCUT2D eigenvalue weighted by Crippen LogP contribution is 1.93. The van der Waals surface area contributed by atoms with Gasteiger partial charge in [0.05, 0.1) is 7.11 Å². The van der Waals surface area contributed by atoms with Gasteiger partial charge >= 0.3 is 5.97 Å². The Kier molecular flexibility index (Phi) is 11.2. The predicted molar refractivity (Wildman–Crippen MR) is 46.2 cm³/mol. The Hall–Kier alpha value is -0.570. The third-order valence-electron chi connectivity index (χ3n) is 1.10. The molecular formula is C8H19NO2. The highest BCUT2D eigenvalue weighted by molar-refractivity contribution is 5.75. The van der Waals surface area contributed by atoms with Crippen LogP contribution in [0.1, 0.15) is 33.6 Å². The summed E-state index contributed by atoms with van der Waals surface area (Å²) in [5, 5.41) is 0. The number of nitrogens with two attached hydrogens (primary N) is 1. The van der Waals surface area contributed by atoms with Crippen LogP contribution in [-0.2, 0) is 9.53 Å². The number of methoxy groups -OCH3 is 1. The van der Waals surface area contributed by atoms with Gasteiger partial charge in [-0.05, 0) is 6.42 Å². The smallest absolute Gasteiger partial charge is 0.322 e. The molecule has 0 amide bonds. The van der Waals surface area contributed by atoms with E-state index in [1.807, 2.05) is 20.8 Å². The van der Waals surface area contributed by atoms with Crippen molar-refractivity contribution in [3.8, 4) is 0 Å². The van der Waals surface area contributed by atoms with E-state index in [1.165, 1.54) is 7.11 Å². The van der Waals surface area contributed by atoms with Crippen molar-refractivity contribution in [3.05, 3.63) is 0 Å². The van der Waals surface area contributed by atoms with Gasteiger partial charge < -0.3 is 10.5 Å². The minimum Gasteiger partial charge on any atom is -0.468 e. The summed E-state index contributed by atoms with van der Waals surface area (Å²) in [4.78, 5) is 10.6. The molecule has 0 bridgehead atoms. The standard InChI is InChI=1S/C6H13NO2.C2H6/c1-3-4-5(7)6(8)9-2;1-2/h5H,3-4,7H2,1-2H3;1-2H3. The highest BCUT2D eigenvalue weighted by Gasteiger charge is 2.10. The molecule has 3 heteroatoms. The van der Waals surface area contributed by atoms with E-state index < -0.39 is 6.04 Å². The van der Waals surface area contributed by atoms with E-state index >= 15 is 0 Å². The number of rotatable bonds is 3. The first-order chi connectivity index (χ1) is 5.22. The second kappa shape index (κ2) is 9.43. The van der Waals surface area contributed by atoms with Crippen LogP contribution < -0.4 is 5.73 Å². The van der Waals surface area contributed by atoms with Crippen molar-refractivity contribution in [2.75, 3.05) is 7.11 Å². The van der Waals surface area contributed by atoms with Crippen LogP contribution in [0.2, 0.25) is 0 Å². The number of hydrogen-bond acceptors (Lipinski definition) is 3. The summed E-state index contributed by atoms with van der Waals surface area (Å²) in [5.41, 5.74) is 5.36. The molecule has 0 rings (SSSR count). The molecule has 1 unspecified atom stereocenters. The van der Waals surface area contributed by atoms with Crippen molar-refractivity contribution in [2.45, 2.75) is 39.7 Å². The maximum atomic E-state index is 10.6. The zero-order valence-electron chi connectivity index (χ0n) is 7.89.